The molecule has 0 radical (unpaired) electrons. The maximum absolute atomic E-state index is 12.2. The van der Waals surface area contributed by atoms with Crippen molar-refractivity contribution in [3.63, 3.8) is 0 Å². The molecule has 0 spiro atoms. The highest BCUT2D eigenvalue weighted by atomic mass is 32.2. The third kappa shape index (κ3) is 5.28. The van der Waals surface area contributed by atoms with Crippen molar-refractivity contribution >= 4 is 30.8 Å². The Hall–Kier alpha value is -1.95. The number of aliphatic hydroxyl groups excluding tert-OH is 1. The van der Waals surface area contributed by atoms with Crippen LogP contribution in [0.5, 0.6) is 11.5 Å². The SMILES string of the molecule is COc1ccc(C[C@H](SCC(=O)N2CCC(O)C2)B(O)O)c(O)c1C(=O)O. The fourth-order valence-corrected chi connectivity index (χ4v) is 3.87. The van der Waals surface area contributed by atoms with Gasteiger partial charge in [0.2, 0.25) is 5.91 Å². The monoisotopic (exact) mass is 399 g/mol. The van der Waals surface area contributed by atoms with Crippen molar-refractivity contribution in [3.8, 4) is 11.5 Å². The number of phenols is 1. The maximum Gasteiger partial charge on any atom is 0.465 e. The normalized spacial score (nSPS) is 17.6. The first-order valence-electron chi connectivity index (χ1n) is 8.30. The lowest BCUT2D eigenvalue weighted by molar-refractivity contribution is -0.127. The molecule has 2 rings (SSSR count). The number of carbonyl (C=O) groups excluding carboxylic acids is 1. The lowest BCUT2D eigenvalue weighted by atomic mass is 9.81. The summed E-state index contributed by atoms with van der Waals surface area (Å²) in [5.41, 5.74) is -0.212. The van der Waals surface area contributed by atoms with Crippen molar-refractivity contribution in [1.29, 1.82) is 0 Å². The number of carboxylic acids is 1. The fraction of sp³-hybridized carbons (Fsp3) is 0.500. The number of aliphatic hydroxyl groups is 1. The van der Waals surface area contributed by atoms with E-state index in [2.05, 4.69) is 0 Å². The maximum atomic E-state index is 12.2. The molecule has 0 bridgehead atoms. The zero-order valence-corrected chi connectivity index (χ0v) is 15.6. The van der Waals surface area contributed by atoms with Gasteiger partial charge in [-0.2, -0.15) is 11.8 Å². The van der Waals surface area contributed by atoms with Crippen LogP contribution in [0.25, 0.3) is 0 Å². The Bertz CT molecular complexity index is 701. The number of nitrogens with zero attached hydrogens (tertiary/aromatic N) is 1. The smallest absolute Gasteiger partial charge is 0.465 e. The molecule has 0 aliphatic carbocycles. The van der Waals surface area contributed by atoms with Crippen LogP contribution in [0.1, 0.15) is 22.3 Å². The van der Waals surface area contributed by atoms with Crippen molar-refractivity contribution in [2.75, 3.05) is 26.0 Å². The Morgan fingerprint density at radius 3 is 2.63 bits per heavy atom. The standard InChI is InChI=1S/C16H22BNO8S/c1-26-11-3-2-9(15(21)14(11)16(22)23)6-12(17(24)25)27-8-13(20)18-5-4-10(19)7-18/h2-3,10,12,19,21,24-25H,4-8H2,1H3,(H,22,23)/t10?,12-/m0/s1. The van der Waals surface area contributed by atoms with Gasteiger partial charge in [0.1, 0.15) is 17.1 Å². The molecule has 0 aromatic heterocycles. The van der Waals surface area contributed by atoms with Gasteiger partial charge in [0, 0.05) is 18.2 Å². The van der Waals surface area contributed by atoms with E-state index in [1.165, 1.54) is 24.1 Å². The second kappa shape index (κ2) is 9.31. The van der Waals surface area contributed by atoms with Crippen LogP contribution in [0.3, 0.4) is 0 Å². The molecule has 1 aliphatic rings. The van der Waals surface area contributed by atoms with E-state index in [1.807, 2.05) is 0 Å². The van der Waals surface area contributed by atoms with Crippen LogP contribution in [0.4, 0.5) is 0 Å². The minimum Gasteiger partial charge on any atom is -0.507 e. The van der Waals surface area contributed by atoms with Crippen molar-refractivity contribution in [3.05, 3.63) is 23.3 Å². The summed E-state index contributed by atoms with van der Waals surface area (Å²) in [6.07, 6.45) is -0.0852. The quantitative estimate of drug-likeness (QED) is 0.360. The highest BCUT2D eigenvalue weighted by Gasteiger charge is 2.30. The summed E-state index contributed by atoms with van der Waals surface area (Å²) < 4.78 is 4.92. The molecule has 1 aromatic rings. The molecule has 2 atom stereocenters. The topological polar surface area (TPSA) is 148 Å². The Kier molecular flexibility index (Phi) is 7.37. The molecule has 11 heteroatoms. The average molecular weight is 399 g/mol. The molecular formula is C16H22BNO8S. The molecule has 0 saturated carbocycles. The Morgan fingerprint density at radius 2 is 2.11 bits per heavy atom. The predicted molar refractivity (Wildman–Crippen MR) is 99.0 cm³/mol. The number of β-amino-alcohol motifs (C(OH)–C–C–N with tert-alkyl or cyclic N) is 1. The predicted octanol–water partition coefficient (Wildman–Crippen LogP) is -0.651. The largest absolute Gasteiger partial charge is 0.507 e. The summed E-state index contributed by atoms with van der Waals surface area (Å²) in [5.74, 6) is -2.16. The number of ether oxygens (including phenoxy) is 1. The van der Waals surface area contributed by atoms with Crippen molar-refractivity contribution < 1.29 is 39.7 Å². The van der Waals surface area contributed by atoms with Gasteiger partial charge in [-0.1, -0.05) is 6.07 Å². The lowest BCUT2D eigenvalue weighted by Gasteiger charge is -2.20. The summed E-state index contributed by atoms with van der Waals surface area (Å²) >= 11 is 0.991. The summed E-state index contributed by atoms with van der Waals surface area (Å²) in [7, 11) is -0.500. The minimum atomic E-state index is -1.78. The van der Waals surface area contributed by atoms with E-state index in [1.54, 1.807) is 0 Å². The lowest BCUT2D eigenvalue weighted by Crippen LogP contribution is -2.35. The molecule has 1 amide bonds. The highest BCUT2D eigenvalue weighted by molar-refractivity contribution is 8.01. The first kappa shape index (κ1) is 21.4. The zero-order chi connectivity index (χ0) is 20.1. The Balaban J connectivity index is 2.09. The first-order valence-corrected chi connectivity index (χ1v) is 9.35. The third-order valence-corrected chi connectivity index (χ3v) is 5.60. The van der Waals surface area contributed by atoms with E-state index in [-0.39, 0.29) is 35.9 Å². The number of aromatic hydroxyl groups is 1. The van der Waals surface area contributed by atoms with Crippen molar-refractivity contribution in [1.82, 2.24) is 4.90 Å². The van der Waals surface area contributed by atoms with Crippen molar-refractivity contribution in [2.24, 2.45) is 0 Å². The van der Waals surface area contributed by atoms with E-state index in [9.17, 15) is 35.0 Å². The number of likely N-dealkylation sites (tertiary alicyclic amines) is 1. The second-order valence-electron chi connectivity index (χ2n) is 6.21. The van der Waals surface area contributed by atoms with Crippen LogP contribution in [-0.4, -0.2) is 86.5 Å². The van der Waals surface area contributed by atoms with Gasteiger partial charge < -0.3 is 35.0 Å². The molecule has 1 unspecified atom stereocenters. The van der Waals surface area contributed by atoms with Gasteiger partial charge in [0.05, 0.1) is 19.0 Å². The van der Waals surface area contributed by atoms with Crippen LogP contribution in [0, 0.1) is 0 Å². The third-order valence-electron chi connectivity index (χ3n) is 4.35. The van der Waals surface area contributed by atoms with Gasteiger partial charge in [0.15, 0.2) is 0 Å². The molecule has 148 valence electrons. The Labute approximate surface area is 160 Å². The molecule has 1 aliphatic heterocycles. The van der Waals surface area contributed by atoms with Crippen LogP contribution in [0.15, 0.2) is 12.1 Å². The van der Waals surface area contributed by atoms with Crippen molar-refractivity contribution in [2.45, 2.75) is 24.1 Å². The van der Waals surface area contributed by atoms with Gasteiger partial charge >= 0.3 is 13.1 Å². The van der Waals surface area contributed by atoms with E-state index in [4.69, 9.17) is 4.74 Å². The Morgan fingerprint density at radius 1 is 1.41 bits per heavy atom. The van der Waals surface area contributed by atoms with Gasteiger partial charge in [0.25, 0.3) is 0 Å². The average Bonchev–Trinajstić information content (AvgIpc) is 3.05. The molecule has 1 heterocycles. The highest BCUT2D eigenvalue weighted by Crippen LogP contribution is 2.33. The second-order valence-corrected chi connectivity index (χ2v) is 7.43. The fourth-order valence-electron chi connectivity index (χ4n) is 2.86. The molecule has 1 fully saturated rings. The van der Waals surface area contributed by atoms with Gasteiger partial charge in [-0.25, -0.2) is 4.79 Å². The summed E-state index contributed by atoms with van der Waals surface area (Å²) in [6.45, 7) is 0.709. The number of hydrogen-bond donors (Lipinski definition) is 5. The molecule has 9 nitrogen and oxygen atoms in total. The number of benzene rings is 1. The number of carbonyl (C=O) groups is 2. The molecular weight excluding hydrogens is 377 g/mol. The number of rotatable bonds is 8. The van der Waals surface area contributed by atoms with Crippen LogP contribution in [0.2, 0.25) is 0 Å². The number of hydrogen-bond acceptors (Lipinski definition) is 8. The van der Waals surface area contributed by atoms with Gasteiger partial charge in [-0.05, 0) is 24.5 Å². The number of aromatic carboxylic acids is 1. The zero-order valence-electron chi connectivity index (χ0n) is 14.7. The molecule has 5 N–H and O–H groups in total. The van der Waals surface area contributed by atoms with E-state index in [0.717, 1.165) is 11.8 Å². The first-order chi connectivity index (χ1) is 12.7. The summed E-state index contributed by atoms with van der Waals surface area (Å²) in [4.78, 5) is 25.0. The van der Waals surface area contributed by atoms with Crippen LogP contribution < -0.4 is 4.74 Å². The number of methoxy groups -OCH3 is 1. The molecule has 1 aromatic carbocycles. The number of amides is 1. The summed E-state index contributed by atoms with van der Waals surface area (Å²) in [6, 6.07) is 2.82. The molecule has 27 heavy (non-hydrogen) atoms. The van der Waals surface area contributed by atoms with Gasteiger partial charge in [-0.3, -0.25) is 4.79 Å². The van der Waals surface area contributed by atoms with Crippen LogP contribution in [-0.2, 0) is 11.2 Å². The van der Waals surface area contributed by atoms with E-state index in [0.29, 0.717) is 13.0 Å². The number of carboxylic acid groups (broad SMARTS) is 1. The van der Waals surface area contributed by atoms with E-state index < -0.39 is 35.7 Å². The van der Waals surface area contributed by atoms with E-state index >= 15 is 0 Å². The molecule has 1 saturated heterocycles. The number of thioether (sulfide) groups is 1. The van der Waals surface area contributed by atoms with Gasteiger partial charge in [-0.15, -0.1) is 0 Å². The summed E-state index contributed by atoms with van der Waals surface area (Å²) in [5, 5.41) is 47.3. The minimum absolute atomic E-state index is 0.0136. The van der Waals surface area contributed by atoms with Crippen LogP contribution >= 0.6 is 11.8 Å².